The quantitative estimate of drug-likeness (QED) is 0.866. The molecule has 0 aromatic heterocycles. The summed E-state index contributed by atoms with van der Waals surface area (Å²) in [5.74, 6) is -0.0214. The van der Waals surface area contributed by atoms with E-state index in [9.17, 15) is 9.59 Å². The van der Waals surface area contributed by atoms with Gasteiger partial charge in [0.2, 0.25) is 11.8 Å². The van der Waals surface area contributed by atoms with E-state index in [1.54, 1.807) is 4.90 Å². The summed E-state index contributed by atoms with van der Waals surface area (Å²) in [5, 5.41) is 2.90. The van der Waals surface area contributed by atoms with E-state index in [0.29, 0.717) is 19.5 Å². The lowest BCUT2D eigenvalue weighted by Gasteiger charge is -2.25. The number of nitrogens with zero attached hydrogens (tertiary/aromatic N) is 1. The molecule has 0 aliphatic heterocycles. The van der Waals surface area contributed by atoms with Crippen LogP contribution in [0, 0.1) is 6.92 Å². The maximum atomic E-state index is 11.8. The molecule has 1 aromatic carbocycles. The number of carbonyl (C=O) groups is 2. The Labute approximate surface area is 121 Å². The van der Waals surface area contributed by atoms with Crippen LogP contribution in [-0.2, 0) is 16.1 Å². The average Bonchev–Trinajstić information content (AvgIpc) is 2.37. The largest absolute Gasteiger partial charge is 0.352 e. The van der Waals surface area contributed by atoms with Gasteiger partial charge in [0.25, 0.3) is 0 Å². The Morgan fingerprint density at radius 1 is 1.25 bits per heavy atom. The number of hydrogen-bond acceptors (Lipinski definition) is 2. The topological polar surface area (TPSA) is 49.4 Å². The normalized spacial score (nSPS) is 10.4. The molecule has 110 valence electrons. The van der Waals surface area contributed by atoms with Gasteiger partial charge in [-0.15, -0.1) is 0 Å². The zero-order valence-electron chi connectivity index (χ0n) is 12.8. The first-order chi connectivity index (χ1) is 9.41. The highest BCUT2D eigenvalue weighted by Crippen LogP contribution is 2.06. The number of aryl methyl sites for hydroxylation is 1. The predicted octanol–water partition coefficient (Wildman–Crippen LogP) is 2.26. The number of amides is 2. The molecule has 0 saturated heterocycles. The highest BCUT2D eigenvalue weighted by Gasteiger charge is 2.14. The Kier molecular flexibility index (Phi) is 6.22. The maximum Gasteiger partial charge on any atom is 0.222 e. The number of nitrogens with one attached hydrogen (secondary N) is 1. The summed E-state index contributed by atoms with van der Waals surface area (Å²) in [6.45, 7) is 8.46. The standard InChI is InChI=1S/C16H24N2O2/c1-12(2)18(14(4)19)10-9-16(20)17-11-15-8-6-5-7-13(15)3/h5-8,12H,9-11H2,1-4H3,(H,17,20). The number of hydrogen-bond donors (Lipinski definition) is 1. The van der Waals surface area contributed by atoms with E-state index in [0.717, 1.165) is 5.56 Å². The Balaban J connectivity index is 2.41. The number of rotatable bonds is 6. The summed E-state index contributed by atoms with van der Waals surface area (Å²) in [5.41, 5.74) is 2.29. The second-order valence-corrected chi connectivity index (χ2v) is 5.26. The molecule has 0 atom stereocenters. The molecule has 1 N–H and O–H groups in total. The van der Waals surface area contributed by atoms with E-state index in [2.05, 4.69) is 5.32 Å². The fraction of sp³-hybridized carbons (Fsp3) is 0.500. The molecular weight excluding hydrogens is 252 g/mol. The maximum absolute atomic E-state index is 11.8. The van der Waals surface area contributed by atoms with Gasteiger partial charge in [0.15, 0.2) is 0 Å². The van der Waals surface area contributed by atoms with Gasteiger partial charge >= 0.3 is 0 Å². The van der Waals surface area contributed by atoms with E-state index in [1.807, 2.05) is 45.0 Å². The summed E-state index contributed by atoms with van der Waals surface area (Å²) in [7, 11) is 0. The Morgan fingerprint density at radius 2 is 1.90 bits per heavy atom. The molecule has 2 amide bonds. The summed E-state index contributed by atoms with van der Waals surface area (Å²) in [4.78, 5) is 24.9. The third kappa shape index (κ3) is 5.03. The second kappa shape index (κ2) is 7.68. The molecule has 0 heterocycles. The van der Waals surface area contributed by atoms with Crippen molar-refractivity contribution in [1.82, 2.24) is 10.2 Å². The van der Waals surface area contributed by atoms with E-state index in [4.69, 9.17) is 0 Å². The van der Waals surface area contributed by atoms with Crippen molar-refractivity contribution in [3.63, 3.8) is 0 Å². The molecule has 4 heteroatoms. The lowest BCUT2D eigenvalue weighted by atomic mass is 10.1. The van der Waals surface area contributed by atoms with Crippen molar-refractivity contribution < 1.29 is 9.59 Å². The number of benzene rings is 1. The van der Waals surface area contributed by atoms with Crippen LogP contribution < -0.4 is 5.32 Å². The van der Waals surface area contributed by atoms with E-state index >= 15 is 0 Å². The van der Waals surface area contributed by atoms with Crippen LogP contribution in [0.15, 0.2) is 24.3 Å². The molecule has 0 bridgehead atoms. The van der Waals surface area contributed by atoms with Crippen molar-refractivity contribution in [2.45, 2.75) is 46.7 Å². The molecule has 1 rings (SSSR count). The lowest BCUT2D eigenvalue weighted by Crippen LogP contribution is -2.38. The Hall–Kier alpha value is -1.84. The molecule has 0 radical (unpaired) electrons. The minimum atomic E-state index is -0.0276. The van der Waals surface area contributed by atoms with Crippen LogP contribution >= 0.6 is 0 Å². The molecule has 0 aliphatic carbocycles. The van der Waals surface area contributed by atoms with Crippen molar-refractivity contribution in [3.8, 4) is 0 Å². The first-order valence-corrected chi connectivity index (χ1v) is 7.00. The molecule has 20 heavy (non-hydrogen) atoms. The smallest absolute Gasteiger partial charge is 0.222 e. The van der Waals surface area contributed by atoms with Gasteiger partial charge in [0, 0.05) is 32.5 Å². The van der Waals surface area contributed by atoms with Crippen molar-refractivity contribution in [1.29, 1.82) is 0 Å². The molecular formula is C16H24N2O2. The highest BCUT2D eigenvalue weighted by atomic mass is 16.2. The highest BCUT2D eigenvalue weighted by molar-refractivity contribution is 5.78. The second-order valence-electron chi connectivity index (χ2n) is 5.26. The monoisotopic (exact) mass is 276 g/mol. The molecule has 1 aromatic rings. The first-order valence-electron chi connectivity index (χ1n) is 7.00. The van der Waals surface area contributed by atoms with Crippen molar-refractivity contribution in [2.75, 3.05) is 6.54 Å². The van der Waals surface area contributed by atoms with Crippen LogP contribution in [-0.4, -0.2) is 29.3 Å². The van der Waals surface area contributed by atoms with E-state index < -0.39 is 0 Å². The zero-order chi connectivity index (χ0) is 15.1. The van der Waals surface area contributed by atoms with Crippen LogP contribution in [0.3, 0.4) is 0 Å². The van der Waals surface area contributed by atoms with Crippen molar-refractivity contribution in [3.05, 3.63) is 35.4 Å². The van der Waals surface area contributed by atoms with Gasteiger partial charge < -0.3 is 10.2 Å². The molecule has 4 nitrogen and oxygen atoms in total. The SMILES string of the molecule is CC(=O)N(CCC(=O)NCc1ccccc1C)C(C)C. The van der Waals surface area contributed by atoms with Crippen molar-refractivity contribution in [2.24, 2.45) is 0 Å². The van der Waals surface area contributed by atoms with Crippen LogP contribution in [0.2, 0.25) is 0 Å². The molecule has 0 spiro atoms. The predicted molar refractivity (Wildman–Crippen MR) is 80.2 cm³/mol. The lowest BCUT2D eigenvalue weighted by molar-refractivity contribution is -0.131. The van der Waals surface area contributed by atoms with E-state index in [1.165, 1.54) is 12.5 Å². The van der Waals surface area contributed by atoms with E-state index in [-0.39, 0.29) is 17.9 Å². The first kappa shape index (κ1) is 16.2. The minimum Gasteiger partial charge on any atom is -0.352 e. The average molecular weight is 276 g/mol. The molecule has 0 saturated carbocycles. The summed E-state index contributed by atoms with van der Waals surface area (Å²) >= 11 is 0. The number of carbonyl (C=O) groups excluding carboxylic acids is 2. The molecule has 0 aliphatic rings. The summed E-state index contributed by atoms with van der Waals surface area (Å²) in [6.07, 6.45) is 0.337. The van der Waals surface area contributed by atoms with Gasteiger partial charge in [-0.05, 0) is 31.9 Å². The van der Waals surface area contributed by atoms with Gasteiger partial charge in [-0.2, -0.15) is 0 Å². The van der Waals surface area contributed by atoms with Gasteiger partial charge in [-0.1, -0.05) is 24.3 Å². The third-order valence-corrected chi connectivity index (χ3v) is 3.34. The summed E-state index contributed by atoms with van der Waals surface area (Å²) < 4.78 is 0. The fourth-order valence-corrected chi connectivity index (χ4v) is 2.09. The summed E-state index contributed by atoms with van der Waals surface area (Å²) in [6, 6.07) is 8.10. The zero-order valence-corrected chi connectivity index (χ0v) is 12.8. The fourth-order valence-electron chi connectivity index (χ4n) is 2.09. The molecule has 0 fully saturated rings. The Morgan fingerprint density at radius 3 is 2.45 bits per heavy atom. The van der Waals surface area contributed by atoms with Crippen molar-refractivity contribution >= 4 is 11.8 Å². The Bertz CT molecular complexity index is 469. The van der Waals surface area contributed by atoms with Crippen LogP contribution in [0.4, 0.5) is 0 Å². The van der Waals surface area contributed by atoms with Gasteiger partial charge in [-0.3, -0.25) is 9.59 Å². The minimum absolute atomic E-state index is 0.00621. The van der Waals surface area contributed by atoms with Gasteiger partial charge in [0.1, 0.15) is 0 Å². The third-order valence-electron chi connectivity index (χ3n) is 3.34. The van der Waals surface area contributed by atoms with Crippen LogP contribution in [0.25, 0.3) is 0 Å². The van der Waals surface area contributed by atoms with Crippen LogP contribution in [0.5, 0.6) is 0 Å². The van der Waals surface area contributed by atoms with Gasteiger partial charge in [-0.25, -0.2) is 0 Å². The van der Waals surface area contributed by atoms with Crippen LogP contribution in [0.1, 0.15) is 38.3 Å². The molecule has 0 unspecified atom stereocenters. The van der Waals surface area contributed by atoms with Gasteiger partial charge in [0.05, 0.1) is 0 Å².